The molecule has 0 aromatic carbocycles. The Morgan fingerprint density at radius 1 is 1.50 bits per heavy atom. The van der Waals surface area contributed by atoms with E-state index >= 15 is 0 Å². The van der Waals surface area contributed by atoms with Crippen molar-refractivity contribution < 1.29 is 0 Å². The fraction of sp³-hybridized carbons (Fsp3) is 0.300. The van der Waals surface area contributed by atoms with Gasteiger partial charge in [0.05, 0.1) is 22.3 Å². The molecule has 0 amide bonds. The van der Waals surface area contributed by atoms with E-state index in [1.54, 1.807) is 11.6 Å². The van der Waals surface area contributed by atoms with Crippen molar-refractivity contribution in [3.05, 3.63) is 37.6 Å². The van der Waals surface area contributed by atoms with Crippen LogP contribution >= 0.6 is 22.9 Å². The standard InChI is InChI=1S/C10H10ClN3OS/c1-6-10(13-15)7(2)14(12-6)5-8-3-4-9(11)16-8/h3-4H,5H2,1-2H3. The Morgan fingerprint density at radius 3 is 2.75 bits per heavy atom. The van der Waals surface area contributed by atoms with Crippen LogP contribution in [0.5, 0.6) is 0 Å². The maximum atomic E-state index is 10.6. The smallest absolute Gasteiger partial charge is 0.151 e. The van der Waals surface area contributed by atoms with E-state index in [0.29, 0.717) is 17.9 Å². The van der Waals surface area contributed by atoms with E-state index < -0.39 is 0 Å². The van der Waals surface area contributed by atoms with Gasteiger partial charge in [-0.3, -0.25) is 4.68 Å². The molecule has 2 aromatic heterocycles. The van der Waals surface area contributed by atoms with E-state index in [1.165, 1.54) is 11.3 Å². The lowest BCUT2D eigenvalue weighted by molar-refractivity contribution is 0.666. The van der Waals surface area contributed by atoms with E-state index in [-0.39, 0.29) is 0 Å². The average molecular weight is 256 g/mol. The van der Waals surface area contributed by atoms with Gasteiger partial charge in [0.25, 0.3) is 0 Å². The number of hydrogen-bond acceptors (Lipinski definition) is 4. The van der Waals surface area contributed by atoms with Gasteiger partial charge in [-0.25, -0.2) is 0 Å². The lowest BCUT2D eigenvalue weighted by Crippen LogP contribution is -2.02. The zero-order valence-corrected chi connectivity index (χ0v) is 10.5. The molecule has 2 heterocycles. The maximum absolute atomic E-state index is 10.6. The van der Waals surface area contributed by atoms with E-state index in [4.69, 9.17) is 11.6 Å². The van der Waals surface area contributed by atoms with Gasteiger partial charge in [0.1, 0.15) is 0 Å². The SMILES string of the molecule is Cc1nn(Cc2ccc(Cl)s2)c(C)c1N=O. The van der Waals surface area contributed by atoms with Gasteiger partial charge in [0, 0.05) is 4.88 Å². The van der Waals surface area contributed by atoms with Gasteiger partial charge in [-0.05, 0) is 31.2 Å². The first-order chi connectivity index (χ1) is 7.61. The van der Waals surface area contributed by atoms with Gasteiger partial charge < -0.3 is 0 Å². The molecule has 0 radical (unpaired) electrons. The summed E-state index contributed by atoms with van der Waals surface area (Å²) in [5, 5.41) is 7.25. The minimum absolute atomic E-state index is 0.433. The molecule has 2 aromatic rings. The molecule has 0 N–H and O–H groups in total. The van der Waals surface area contributed by atoms with Crippen molar-refractivity contribution in [1.29, 1.82) is 0 Å². The van der Waals surface area contributed by atoms with Gasteiger partial charge in [-0.15, -0.1) is 16.2 Å². The van der Waals surface area contributed by atoms with Crippen LogP contribution in [-0.4, -0.2) is 9.78 Å². The third kappa shape index (κ3) is 2.01. The Morgan fingerprint density at radius 2 is 2.25 bits per heavy atom. The molecule has 0 saturated carbocycles. The first kappa shape index (κ1) is 11.3. The summed E-state index contributed by atoms with van der Waals surface area (Å²) in [5.41, 5.74) is 1.88. The monoisotopic (exact) mass is 255 g/mol. The Balaban J connectivity index is 2.31. The Hall–Kier alpha value is -1.20. The van der Waals surface area contributed by atoms with Crippen molar-refractivity contribution in [3.63, 3.8) is 0 Å². The summed E-state index contributed by atoms with van der Waals surface area (Å²) >= 11 is 7.36. The van der Waals surface area contributed by atoms with Crippen LogP contribution in [0.3, 0.4) is 0 Å². The molecule has 0 saturated heterocycles. The Labute approximate surface area is 102 Å². The second-order valence-electron chi connectivity index (χ2n) is 3.47. The molecule has 0 unspecified atom stereocenters. The number of halogens is 1. The molecule has 0 aliphatic heterocycles. The Kier molecular flexibility index (Phi) is 3.07. The molecular weight excluding hydrogens is 246 g/mol. The van der Waals surface area contributed by atoms with Crippen LogP contribution in [0.25, 0.3) is 0 Å². The molecule has 0 aliphatic rings. The number of hydrogen-bond donors (Lipinski definition) is 0. The zero-order valence-electron chi connectivity index (χ0n) is 8.90. The molecule has 0 bridgehead atoms. The predicted octanol–water partition coefficient (Wildman–Crippen LogP) is 3.66. The quantitative estimate of drug-likeness (QED) is 0.786. The van der Waals surface area contributed by atoms with Crippen LogP contribution in [0.1, 0.15) is 16.3 Å². The summed E-state index contributed by atoms with van der Waals surface area (Å²) in [4.78, 5) is 11.7. The number of nitroso groups, excluding NO2 is 1. The van der Waals surface area contributed by atoms with Crippen LogP contribution in [-0.2, 0) is 6.54 Å². The minimum Gasteiger partial charge on any atom is -0.262 e. The van der Waals surface area contributed by atoms with Crippen molar-refractivity contribution in [3.8, 4) is 0 Å². The summed E-state index contributed by atoms with van der Waals surface area (Å²) in [6.07, 6.45) is 0. The van der Waals surface area contributed by atoms with Crippen molar-refractivity contribution in [2.45, 2.75) is 20.4 Å². The largest absolute Gasteiger partial charge is 0.262 e. The highest BCUT2D eigenvalue weighted by atomic mass is 35.5. The second-order valence-corrected chi connectivity index (χ2v) is 5.27. The van der Waals surface area contributed by atoms with Gasteiger partial charge in [-0.2, -0.15) is 5.10 Å². The highest BCUT2D eigenvalue weighted by Gasteiger charge is 2.12. The first-order valence-electron chi connectivity index (χ1n) is 4.73. The third-order valence-electron chi connectivity index (χ3n) is 2.37. The molecule has 16 heavy (non-hydrogen) atoms. The van der Waals surface area contributed by atoms with Gasteiger partial charge in [-0.1, -0.05) is 11.6 Å². The van der Waals surface area contributed by atoms with Gasteiger partial charge >= 0.3 is 0 Å². The second kappa shape index (κ2) is 4.35. The molecule has 0 atom stereocenters. The molecule has 0 fully saturated rings. The molecular formula is C10H10ClN3OS. The maximum Gasteiger partial charge on any atom is 0.151 e. The Bertz CT molecular complexity index is 532. The van der Waals surface area contributed by atoms with E-state index in [0.717, 1.165) is 14.9 Å². The van der Waals surface area contributed by atoms with Crippen molar-refractivity contribution >= 4 is 28.6 Å². The van der Waals surface area contributed by atoms with Crippen molar-refractivity contribution in [2.24, 2.45) is 5.18 Å². The summed E-state index contributed by atoms with van der Waals surface area (Å²) in [6, 6.07) is 3.81. The molecule has 4 nitrogen and oxygen atoms in total. The average Bonchev–Trinajstić information content (AvgIpc) is 2.74. The highest BCUT2D eigenvalue weighted by Crippen LogP contribution is 2.26. The summed E-state index contributed by atoms with van der Waals surface area (Å²) in [5.74, 6) is 0. The molecule has 84 valence electrons. The number of rotatable bonds is 3. The van der Waals surface area contributed by atoms with E-state index in [1.807, 2.05) is 19.1 Å². The van der Waals surface area contributed by atoms with Crippen LogP contribution in [0.2, 0.25) is 4.34 Å². The number of nitrogens with zero attached hydrogens (tertiary/aromatic N) is 3. The zero-order chi connectivity index (χ0) is 11.7. The fourth-order valence-corrected chi connectivity index (χ4v) is 2.63. The van der Waals surface area contributed by atoms with Crippen molar-refractivity contribution in [1.82, 2.24) is 9.78 Å². The summed E-state index contributed by atoms with van der Waals surface area (Å²) in [7, 11) is 0. The van der Waals surface area contributed by atoms with Crippen LogP contribution in [0, 0.1) is 18.8 Å². The van der Waals surface area contributed by atoms with Crippen LogP contribution in [0.15, 0.2) is 17.3 Å². The minimum atomic E-state index is 0.433. The fourth-order valence-electron chi connectivity index (χ4n) is 1.56. The number of thiophene rings is 1. The molecule has 2 rings (SSSR count). The topological polar surface area (TPSA) is 47.2 Å². The summed E-state index contributed by atoms with van der Waals surface area (Å²) < 4.78 is 2.53. The lowest BCUT2D eigenvalue weighted by atomic mass is 10.3. The van der Waals surface area contributed by atoms with Crippen molar-refractivity contribution in [2.75, 3.05) is 0 Å². The van der Waals surface area contributed by atoms with Gasteiger partial charge in [0.15, 0.2) is 5.69 Å². The first-order valence-corrected chi connectivity index (χ1v) is 5.93. The van der Waals surface area contributed by atoms with Gasteiger partial charge in [0.2, 0.25) is 0 Å². The molecule has 6 heteroatoms. The third-order valence-corrected chi connectivity index (χ3v) is 3.58. The van der Waals surface area contributed by atoms with Crippen LogP contribution < -0.4 is 0 Å². The molecule has 0 spiro atoms. The molecule has 0 aliphatic carbocycles. The number of aromatic nitrogens is 2. The predicted molar refractivity (Wildman–Crippen MR) is 65.6 cm³/mol. The van der Waals surface area contributed by atoms with Crippen LogP contribution in [0.4, 0.5) is 5.69 Å². The highest BCUT2D eigenvalue weighted by molar-refractivity contribution is 7.16. The lowest BCUT2D eigenvalue weighted by Gasteiger charge is -2.00. The number of aryl methyl sites for hydroxylation is 1. The van der Waals surface area contributed by atoms with E-state index in [9.17, 15) is 4.91 Å². The van der Waals surface area contributed by atoms with E-state index in [2.05, 4.69) is 10.3 Å². The summed E-state index contributed by atoms with van der Waals surface area (Å²) in [6.45, 7) is 4.24. The normalized spacial score (nSPS) is 10.7.